The molecule has 2 aliphatic heterocycles. The molecule has 2 N–H and O–H groups in total. The SMILES string of the molecule is O=C(O)CN(CC1CCCC1)C(=O)CCCCOc1ccc2c(c1)N=C1NC(=O)CN1C2. The second kappa shape index (κ2) is 10.0. The third-order valence-corrected chi connectivity index (χ3v) is 6.22. The molecule has 0 radical (unpaired) electrons. The fraction of sp³-hybridized carbons (Fsp3) is 0.565. The van der Waals surface area contributed by atoms with Crippen LogP contribution in [0.15, 0.2) is 23.2 Å². The van der Waals surface area contributed by atoms with Crippen molar-refractivity contribution in [2.75, 3.05) is 26.2 Å². The summed E-state index contributed by atoms with van der Waals surface area (Å²) in [5, 5.41) is 11.9. The van der Waals surface area contributed by atoms with E-state index in [0.29, 0.717) is 63.1 Å². The number of hydrogen-bond donors (Lipinski definition) is 2. The number of carbonyl (C=O) groups is 3. The first-order valence-electron chi connectivity index (χ1n) is 11.4. The molecular formula is C23H30N4O5. The van der Waals surface area contributed by atoms with Gasteiger partial charge in [-0.15, -0.1) is 0 Å². The molecule has 4 rings (SSSR count). The first-order chi connectivity index (χ1) is 15.5. The van der Waals surface area contributed by atoms with Crippen LogP contribution in [0.3, 0.4) is 0 Å². The second-order valence-corrected chi connectivity index (χ2v) is 8.75. The summed E-state index contributed by atoms with van der Waals surface area (Å²) in [6, 6.07) is 5.72. The van der Waals surface area contributed by atoms with Crippen molar-refractivity contribution in [2.45, 2.75) is 51.5 Å². The Morgan fingerprint density at radius 1 is 1.22 bits per heavy atom. The van der Waals surface area contributed by atoms with Gasteiger partial charge in [-0.3, -0.25) is 19.7 Å². The summed E-state index contributed by atoms with van der Waals surface area (Å²) in [4.78, 5) is 43.2. The maximum absolute atomic E-state index is 12.5. The molecule has 0 unspecified atom stereocenters. The van der Waals surface area contributed by atoms with Gasteiger partial charge in [0, 0.05) is 25.6 Å². The minimum absolute atomic E-state index is 0.0484. The van der Waals surface area contributed by atoms with Gasteiger partial charge in [-0.05, 0) is 43.2 Å². The van der Waals surface area contributed by atoms with Gasteiger partial charge in [0.1, 0.15) is 18.8 Å². The number of aliphatic imine (C=N–C) groups is 1. The highest BCUT2D eigenvalue weighted by atomic mass is 16.5. The molecule has 0 spiro atoms. The quantitative estimate of drug-likeness (QED) is 0.538. The lowest BCUT2D eigenvalue weighted by Crippen LogP contribution is -2.38. The number of guanidine groups is 1. The normalized spacial score (nSPS) is 17.4. The Labute approximate surface area is 187 Å². The smallest absolute Gasteiger partial charge is 0.323 e. The molecular weight excluding hydrogens is 412 g/mol. The molecule has 2 amide bonds. The highest BCUT2D eigenvalue weighted by molar-refractivity contribution is 6.05. The fourth-order valence-electron chi connectivity index (χ4n) is 4.56. The van der Waals surface area contributed by atoms with E-state index in [1.165, 1.54) is 17.7 Å². The van der Waals surface area contributed by atoms with E-state index in [9.17, 15) is 14.4 Å². The summed E-state index contributed by atoms with van der Waals surface area (Å²) in [7, 11) is 0. The number of aliphatic carboxylic acids is 1. The fourth-order valence-corrected chi connectivity index (χ4v) is 4.56. The van der Waals surface area contributed by atoms with Crippen molar-refractivity contribution >= 4 is 29.4 Å². The van der Waals surface area contributed by atoms with E-state index in [1.54, 1.807) is 0 Å². The Morgan fingerprint density at radius 3 is 2.81 bits per heavy atom. The average molecular weight is 443 g/mol. The van der Waals surface area contributed by atoms with Crippen LogP contribution in [0.1, 0.15) is 50.5 Å². The van der Waals surface area contributed by atoms with Crippen molar-refractivity contribution < 1.29 is 24.2 Å². The van der Waals surface area contributed by atoms with Gasteiger partial charge in [0.2, 0.25) is 17.8 Å². The highest BCUT2D eigenvalue weighted by Crippen LogP contribution is 2.31. The van der Waals surface area contributed by atoms with E-state index < -0.39 is 5.97 Å². The Balaban J connectivity index is 1.21. The lowest BCUT2D eigenvalue weighted by molar-refractivity contribution is -0.145. The van der Waals surface area contributed by atoms with Crippen LogP contribution < -0.4 is 10.1 Å². The number of hydrogen-bond acceptors (Lipinski definition) is 6. The topological polar surface area (TPSA) is 112 Å². The minimum Gasteiger partial charge on any atom is -0.494 e. The minimum atomic E-state index is -0.962. The van der Waals surface area contributed by atoms with Gasteiger partial charge in [-0.1, -0.05) is 18.9 Å². The number of carboxylic acids is 1. The molecule has 2 fully saturated rings. The Kier molecular flexibility index (Phi) is 6.92. The summed E-state index contributed by atoms with van der Waals surface area (Å²) in [5.41, 5.74) is 1.84. The number of nitrogens with one attached hydrogen (secondary N) is 1. The number of ether oxygens (including phenoxy) is 1. The molecule has 172 valence electrons. The zero-order valence-corrected chi connectivity index (χ0v) is 18.2. The van der Waals surface area contributed by atoms with Gasteiger partial charge in [-0.2, -0.15) is 0 Å². The van der Waals surface area contributed by atoms with Crippen molar-refractivity contribution in [1.82, 2.24) is 15.1 Å². The monoisotopic (exact) mass is 442 g/mol. The molecule has 3 aliphatic rings. The van der Waals surface area contributed by atoms with E-state index in [2.05, 4.69) is 10.3 Å². The molecule has 2 heterocycles. The van der Waals surface area contributed by atoms with Crippen molar-refractivity contribution in [3.63, 3.8) is 0 Å². The predicted octanol–water partition coefficient (Wildman–Crippen LogP) is 2.27. The predicted molar refractivity (Wildman–Crippen MR) is 118 cm³/mol. The molecule has 32 heavy (non-hydrogen) atoms. The number of rotatable bonds is 10. The van der Waals surface area contributed by atoms with Crippen LogP contribution in [0.4, 0.5) is 5.69 Å². The van der Waals surface area contributed by atoms with Crippen molar-refractivity contribution in [3.05, 3.63) is 23.8 Å². The molecule has 1 aliphatic carbocycles. The van der Waals surface area contributed by atoms with Crippen LogP contribution in [0.25, 0.3) is 0 Å². The maximum Gasteiger partial charge on any atom is 0.323 e. The molecule has 1 aromatic rings. The molecule has 1 aromatic carbocycles. The largest absolute Gasteiger partial charge is 0.494 e. The third-order valence-electron chi connectivity index (χ3n) is 6.22. The number of carbonyl (C=O) groups excluding carboxylic acids is 2. The number of unbranched alkanes of at least 4 members (excludes halogenated alkanes) is 1. The van der Waals surface area contributed by atoms with Crippen molar-refractivity contribution in [2.24, 2.45) is 10.9 Å². The Morgan fingerprint density at radius 2 is 2.03 bits per heavy atom. The zero-order chi connectivity index (χ0) is 22.5. The van der Waals surface area contributed by atoms with Gasteiger partial charge >= 0.3 is 5.97 Å². The van der Waals surface area contributed by atoms with Gasteiger partial charge in [0.15, 0.2) is 0 Å². The van der Waals surface area contributed by atoms with Crippen LogP contribution in [-0.4, -0.2) is 64.9 Å². The molecule has 9 nitrogen and oxygen atoms in total. The van der Waals surface area contributed by atoms with E-state index >= 15 is 0 Å². The van der Waals surface area contributed by atoms with Crippen LogP contribution in [0.2, 0.25) is 0 Å². The molecule has 0 aromatic heterocycles. The van der Waals surface area contributed by atoms with E-state index in [-0.39, 0.29) is 18.4 Å². The van der Waals surface area contributed by atoms with E-state index in [4.69, 9.17) is 9.84 Å². The maximum atomic E-state index is 12.5. The van der Waals surface area contributed by atoms with E-state index in [1.807, 2.05) is 23.1 Å². The van der Waals surface area contributed by atoms with Crippen LogP contribution in [0.5, 0.6) is 5.75 Å². The summed E-state index contributed by atoms with van der Waals surface area (Å²) in [5.74, 6) is 0.613. The average Bonchev–Trinajstić information content (AvgIpc) is 3.39. The molecule has 1 saturated heterocycles. The summed E-state index contributed by atoms with van der Waals surface area (Å²) in [6.45, 7) is 1.77. The lowest BCUT2D eigenvalue weighted by atomic mass is 10.1. The van der Waals surface area contributed by atoms with E-state index in [0.717, 1.165) is 24.1 Å². The first kappa shape index (κ1) is 22.1. The Bertz CT molecular complexity index is 910. The number of amides is 2. The summed E-state index contributed by atoms with van der Waals surface area (Å²) in [6.07, 6.45) is 6.16. The molecule has 0 atom stereocenters. The lowest BCUT2D eigenvalue weighted by Gasteiger charge is -2.24. The first-order valence-corrected chi connectivity index (χ1v) is 11.4. The number of carboxylic acid groups (broad SMARTS) is 1. The second-order valence-electron chi connectivity index (χ2n) is 8.75. The Hall–Kier alpha value is -3.10. The molecule has 0 bridgehead atoms. The highest BCUT2D eigenvalue weighted by Gasteiger charge is 2.29. The summed E-state index contributed by atoms with van der Waals surface area (Å²) >= 11 is 0. The van der Waals surface area contributed by atoms with Gasteiger partial charge in [0.05, 0.1) is 12.3 Å². The number of benzene rings is 1. The van der Waals surface area contributed by atoms with Gasteiger partial charge in [-0.25, -0.2) is 4.99 Å². The van der Waals surface area contributed by atoms with Gasteiger partial charge in [0.25, 0.3) is 0 Å². The van der Waals surface area contributed by atoms with Crippen molar-refractivity contribution in [3.8, 4) is 5.75 Å². The van der Waals surface area contributed by atoms with Crippen LogP contribution in [0, 0.1) is 5.92 Å². The van der Waals surface area contributed by atoms with Crippen LogP contribution in [-0.2, 0) is 20.9 Å². The molecule has 9 heteroatoms. The van der Waals surface area contributed by atoms with Crippen LogP contribution >= 0.6 is 0 Å². The molecule has 1 saturated carbocycles. The third kappa shape index (κ3) is 5.57. The standard InChI is InChI=1S/C23H30N4O5/c28-20-14-27-13-17-8-9-18(11-19(17)24-23(27)25-20)32-10-4-3-7-21(29)26(15-22(30)31)12-16-5-1-2-6-16/h8-9,11,16H,1-7,10,12-15H2,(H,30,31)(H,24,25,28). The number of nitrogens with zero attached hydrogens (tertiary/aromatic N) is 3. The van der Waals surface area contributed by atoms with Gasteiger partial charge < -0.3 is 19.6 Å². The zero-order valence-electron chi connectivity index (χ0n) is 18.2. The number of fused-ring (bicyclic) bond motifs is 2. The van der Waals surface area contributed by atoms with Crippen molar-refractivity contribution in [1.29, 1.82) is 0 Å². The summed E-state index contributed by atoms with van der Waals surface area (Å²) < 4.78 is 5.83.